The molecular formula is C11H20N2O5. The second kappa shape index (κ2) is 7.65. The van der Waals surface area contributed by atoms with Crippen molar-refractivity contribution >= 4 is 17.8 Å². The van der Waals surface area contributed by atoms with Gasteiger partial charge >= 0.3 is 5.97 Å². The van der Waals surface area contributed by atoms with E-state index in [9.17, 15) is 14.4 Å². The third-order valence-electron chi connectivity index (χ3n) is 2.44. The van der Waals surface area contributed by atoms with Crippen molar-refractivity contribution in [3.8, 4) is 0 Å². The van der Waals surface area contributed by atoms with E-state index in [0.29, 0.717) is 0 Å². The highest BCUT2D eigenvalue weighted by molar-refractivity contribution is 5.97. The van der Waals surface area contributed by atoms with Gasteiger partial charge in [-0.3, -0.25) is 14.4 Å². The lowest BCUT2D eigenvalue weighted by atomic mass is 10.1. The van der Waals surface area contributed by atoms with Crippen LogP contribution in [0.5, 0.6) is 0 Å². The molecule has 7 heteroatoms. The molecule has 0 saturated carbocycles. The molecule has 7 nitrogen and oxygen atoms in total. The molecule has 0 aromatic carbocycles. The van der Waals surface area contributed by atoms with Crippen molar-refractivity contribution in [3.05, 3.63) is 0 Å². The van der Waals surface area contributed by atoms with Crippen molar-refractivity contribution in [1.82, 2.24) is 9.80 Å². The number of carbonyl (C=O) groups is 3. The van der Waals surface area contributed by atoms with Crippen LogP contribution in [0, 0.1) is 5.92 Å². The molecule has 1 unspecified atom stereocenters. The number of carboxylic acids is 1. The lowest BCUT2D eigenvalue weighted by Crippen LogP contribution is -2.45. The number of methoxy groups -OCH3 is 1. The highest BCUT2D eigenvalue weighted by Gasteiger charge is 2.27. The van der Waals surface area contributed by atoms with Crippen LogP contribution in [0.2, 0.25) is 0 Å². The average molecular weight is 260 g/mol. The molecule has 0 saturated heterocycles. The zero-order valence-electron chi connectivity index (χ0n) is 11.2. The predicted molar refractivity (Wildman–Crippen MR) is 63.9 cm³/mol. The largest absolute Gasteiger partial charge is 0.481 e. The van der Waals surface area contributed by atoms with Crippen LogP contribution in [-0.2, 0) is 19.1 Å². The van der Waals surface area contributed by atoms with E-state index >= 15 is 0 Å². The van der Waals surface area contributed by atoms with Crippen LogP contribution in [-0.4, -0.2) is 73.6 Å². The van der Waals surface area contributed by atoms with Crippen molar-refractivity contribution < 1.29 is 24.2 Å². The molecular weight excluding hydrogens is 240 g/mol. The maximum atomic E-state index is 11.9. The summed E-state index contributed by atoms with van der Waals surface area (Å²) in [6, 6.07) is 0. The maximum Gasteiger partial charge on any atom is 0.315 e. The minimum atomic E-state index is -1.21. The molecule has 2 amide bonds. The van der Waals surface area contributed by atoms with Crippen molar-refractivity contribution in [1.29, 1.82) is 0 Å². The molecule has 0 heterocycles. The number of carboxylic acid groups (broad SMARTS) is 1. The van der Waals surface area contributed by atoms with Crippen LogP contribution in [0.15, 0.2) is 0 Å². The Labute approximate surface area is 106 Å². The number of aliphatic carboxylic acids is 1. The van der Waals surface area contributed by atoms with Crippen LogP contribution in [0.25, 0.3) is 0 Å². The molecule has 104 valence electrons. The average Bonchev–Trinajstić information content (AvgIpc) is 2.31. The lowest BCUT2D eigenvalue weighted by molar-refractivity contribution is -0.152. The van der Waals surface area contributed by atoms with Crippen LogP contribution >= 0.6 is 0 Å². The fourth-order valence-corrected chi connectivity index (χ4v) is 1.15. The van der Waals surface area contributed by atoms with Crippen molar-refractivity contribution in [2.45, 2.75) is 6.92 Å². The van der Waals surface area contributed by atoms with Gasteiger partial charge in [-0.1, -0.05) is 0 Å². The number of hydrogen-bond acceptors (Lipinski definition) is 4. The van der Waals surface area contributed by atoms with Gasteiger partial charge in [0.1, 0.15) is 5.92 Å². The highest BCUT2D eigenvalue weighted by Crippen LogP contribution is 2.03. The van der Waals surface area contributed by atoms with Gasteiger partial charge in [-0.05, 0) is 6.92 Å². The summed E-state index contributed by atoms with van der Waals surface area (Å²) in [5.41, 5.74) is 0. The third kappa shape index (κ3) is 5.13. The molecule has 1 atom stereocenters. The zero-order valence-corrected chi connectivity index (χ0v) is 11.2. The van der Waals surface area contributed by atoms with Crippen LogP contribution in [0.4, 0.5) is 0 Å². The molecule has 0 rings (SSSR count). The first kappa shape index (κ1) is 16.4. The monoisotopic (exact) mass is 260 g/mol. The first-order chi connectivity index (χ1) is 8.31. The number of nitrogens with zero attached hydrogens (tertiary/aromatic N) is 2. The molecule has 18 heavy (non-hydrogen) atoms. The van der Waals surface area contributed by atoms with Gasteiger partial charge in [0.05, 0.1) is 13.2 Å². The highest BCUT2D eigenvalue weighted by atomic mass is 16.5. The van der Waals surface area contributed by atoms with E-state index in [0.717, 1.165) is 0 Å². The molecule has 0 aromatic heterocycles. The third-order valence-corrected chi connectivity index (χ3v) is 2.44. The van der Waals surface area contributed by atoms with Gasteiger partial charge in [-0.25, -0.2) is 0 Å². The summed E-state index contributed by atoms with van der Waals surface area (Å²) >= 11 is 0. The molecule has 0 aromatic rings. The molecule has 0 fully saturated rings. The minimum absolute atomic E-state index is 0.146. The van der Waals surface area contributed by atoms with Gasteiger partial charge in [0.15, 0.2) is 0 Å². The maximum absolute atomic E-state index is 11.9. The zero-order chi connectivity index (χ0) is 14.3. The fourth-order valence-electron chi connectivity index (χ4n) is 1.15. The van der Waals surface area contributed by atoms with Gasteiger partial charge in [0.25, 0.3) is 0 Å². The summed E-state index contributed by atoms with van der Waals surface area (Å²) in [5, 5.41) is 8.80. The van der Waals surface area contributed by atoms with E-state index < -0.39 is 17.8 Å². The van der Waals surface area contributed by atoms with Crippen LogP contribution < -0.4 is 0 Å². The Morgan fingerprint density at radius 1 is 1.28 bits per heavy atom. The predicted octanol–water partition coefficient (Wildman–Crippen LogP) is -0.730. The molecule has 0 aliphatic rings. The Morgan fingerprint density at radius 2 is 1.83 bits per heavy atom. The van der Waals surface area contributed by atoms with Gasteiger partial charge in [-0.15, -0.1) is 0 Å². The Bertz CT molecular complexity index is 317. The molecule has 0 bridgehead atoms. The van der Waals surface area contributed by atoms with Crippen molar-refractivity contribution in [2.75, 3.05) is 40.9 Å². The first-order valence-electron chi connectivity index (χ1n) is 5.52. The van der Waals surface area contributed by atoms with Crippen LogP contribution in [0.1, 0.15) is 6.92 Å². The fraction of sp³-hybridized carbons (Fsp3) is 0.727. The number of hydrogen-bond donors (Lipinski definition) is 1. The van der Waals surface area contributed by atoms with E-state index in [1.165, 1.54) is 23.8 Å². The summed E-state index contributed by atoms with van der Waals surface area (Å²) in [6.45, 7) is 1.59. The number of amides is 2. The number of carbonyl (C=O) groups excluding carboxylic acids is 2. The quantitative estimate of drug-likeness (QED) is 0.610. The Balaban J connectivity index is 4.71. The minimum Gasteiger partial charge on any atom is -0.481 e. The van der Waals surface area contributed by atoms with Gasteiger partial charge < -0.3 is 19.6 Å². The van der Waals surface area contributed by atoms with E-state index in [-0.39, 0.29) is 25.6 Å². The smallest absolute Gasteiger partial charge is 0.315 e. The summed E-state index contributed by atoms with van der Waals surface area (Å²) in [5.74, 6) is -3.23. The van der Waals surface area contributed by atoms with Crippen molar-refractivity contribution in [2.24, 2.45) is 5.92 Å². The normalized spacial score (nSPS) is 11.8. The first-order valence-corrected chi connectivity index (χ1v) is 5.52. The second-order valence-corrected chi connectivity index (χ2v) is 4.10. The summed E-state index contributed by atoms with van der Waals surface area (Å²) in [6.07, 6.45) is 0. The van der Waals surface area contributed by atoms with Gasteiger partial charge in [0, 0.05) is 27.7 Å². The SMILES string of the molecule is COCCN(CC(=O)N(C)C)C(=O)C(C)C(=O)O. The molecule has 0 aliphatic carbocycles. The second-order valence-electron chi connectivity index (χ2n) is 4.10. The Morgan fingerprint density at radius 3 is 2.22 bits per heavy atom. The number of ether oxygens (including phenoxy) is 1. The Hall–Kier alpha value is -1.63. The standard InChI is InChI=1S/C11H20N2O5/c1-8(11(16)17)10(15)13(5-6-18-4)7-9(14)12(2)3/h8H,5-7H2,1-4H3,(H,16,17). The van der Waals surface area contributed by atoms with E-state index in [1.54, 1.807) is 14.1 Å². The van der Waals surface area contributed by atoms with E-state index in [4.69, 9.17) is 9.84 Å². The Kier molecular flexibility index (Phi) is 6.96. The van der Waals surface area contributed by atoms with Crippen molar-refractivity contribution in [3.63, 3.8) is 0 Å². The van der Waals surface area contributed by atoms with E-state index in [2.05, 4.69) is 0 Å². The molecule has 0 spiro atoms. The summed E-state index contributed by atoms with van der Waals surface area (Å²) in [7, 11) is 4.61. The van der Waals surface area contributed by atoms with Gasteiger partial charge in [0.2, 0.25) is 11.8 Å². The van der Waals surface area contributed by atoms with E-state index in [1.807, 2.05) is 0 Å². The molecule has 1 N–H and O–H groups in total. The van der Waals surface area contributed by atoms with Gasteiger partial charge in [-0.2, -0.15) is 0 Å². The number of likely N-dealkylation sites (N-methyl/N-ethyl adjacent to an activating group) is 1. The topological polar surface area (TPSA) is 87.2 Å². The summed E-state index contributed by atoms with van der Waals surface area (Å²) in [4.78, 5) is 36.7. The number of rotatable bonds is 7. The lowest BCUT2D eigenvalue weighted by Gasteiger charge is -2.25. The van der Waals surface area contributed by atoms with Crippen LogP contribution in [0.3, 0.4) is 0 Å². The molecule has 0 aliphatic heterocycles. The summed E-state index contributed by atoms with van der Waals surface area (Å²) < 4.78 is 4.84. The molecule has 0 radical (unpaired) electrons.